The summed E-state index contributed by atoms with van der Waals surface area (Å²) in [6.45, 7) is 4.36. The fraction of sp³-hybridized carbons (Fsp3) is 0.600. The van der Waals surface area contributed by atoms with Gasteiger partial charge in [0, 0.05) is 10.9 Å². The van der Waals surface area contributed by atoms with Gasteiger partial charge in [-0.2, -0.15) is 4.98 Å². The van der Waals surface area contributed by atoms with Gasteiger partial charge in [-0.25, -0.2) is 4.98 Å². The molecule has 108 valence electrons. The van der Waals surface area contributed by atoms with E-state index in [4.69, 9.17) is 5.73 Å². The molecule has 3 rings (SSSR count). The molecule has 1 saturated carbocycles. The lowest BCUT2D eigenvalue weighted by Crippen LogP contribution is -2.28. The average molecular weight is 290 g/mol. The van der Waals surface area contributed by atoms with Gasteiger partial charge in [0.05, 0.1) is 5.39 Å². The molecule has 1 fully saturated rings. The van der Waals surface area contributed by atoms with Gasteiger partial charge in [0.25, 0.3) is 0 Å². The molecular weight excluding hydrogens is 268 g/mol. The van der Waals surface area contributed by atoms with Crippen molar-refractivity contribution in [3.63, 3.8) is 0 Å². The number of rotatable bonds is 3. The van der Waals surface area contributed by atoms with Gasteiger partial charge in [0.15, 0.2) is 0 Å². The van der Waals surface area contributed by atoms with Crippen LogP contribution >= 0.6 is 11.3 Å². The van der Waals surface area contributed by atoms with Crippen molar-refractivity contribution >= 4 is 33.3 Å². The monoisotopic (exact) mass is 290 g/mol. The SMILES string of the molecule is Cc1cc2c(NC(C)C3CCCCC3)nc(N)nc2s1. The molecule has 1 aliphatic carbocycles. The molecule has 2 aromatic rings. The van der Waals surface area contributed by atoms with Gasteiger partial charge in [-0.3, -0.25) is 0 Å². The normalized spacial score (nSPS) is 18.3. The summed E-state index contributed by atoms with van der Waals surface area (Å²) in [4.78, 5) is 11.0. The van der Waals surface area contributed by atoms with Gasteiger partial charge in [-0.15, -0.1) is 11.3 Å². The Bertz CT molecular complexity index is 601. The zero-order valence-electron chi connectivity index (χ0n) is 12.1. The van der Waals surface area contributed by atoms with E-state index in [0.717, 1.165) is 22.0 Å². The van der Waals surface area contributed by atoms with Gasteiger partial charge in [-0.05, 0) is 38.7 Å². The zero-order valence-corrected chi connectivity index (χ0v) is 13.0. The smallest absolute Gasteiger partial charge is 0.223 e. The van der Waals surface area contributed by atoms with Crippen molar-refractivity contribution < 1.29 is 0 Å². The molecule has 2 aromatic heterocycles. The van der Waals surface area contributed by atoms with Crippen LogP contribution in [-0.4, -0.2) is 16.0 Å². The van der Waals surface area contributed by atoms with Crippen LogP contribution in [0.5, 0.6) is 0 Å². The fourth-order valence-electron chi connectivity index (χ4n) is 3.14. The van der Waals surface area contributed by atoms with E-state index in [0.29, 0.717) is 12.0 Å². The van der Waals surface area contributed by atoms with Crippen LogP contribution in [0.3, 0.4) is 0 Å². The third kappa shape index (κ3) is 2.73. The second-order valence-electron chi connectivity index (χ2n) is 5.84. The first-order valence-electron chi connectivity index (χ1n) is 7.43. The van der Waals surface area contributed by atoms with E-state index < -0.39 is 0 Å². The molecule has 4 nitrogen and oxygen atoms in total. The Kier molecular flexibility index (Phi) is 3.78. The van der Waals surface area contributed by atoms with Gasteiger partial charge in [-0.1, -0.05) is 19.3 Å². The van der Waals surface area contributed by atoms with Crippen molar-refractivity contribution in [1.29, 1.82) is 0 Å². The van der Waals surface area contributed by atoms with E-state index >= 15 is 0 Å². The minimum atomic E-state index is 0.359. The van der Waals surface area contributed by atoms with Gasteiger partial charge >= 0.3 is 0 Å². The van der Waals surface area contributed by atoms with Crippen LogP contribution in [0.15, 0.2) is 6.07 Å². The summed E-state index contributed by atoms with van der Waals surface area (Å²) in [7, 11) is 0. The molecule has 0 amide bonds. The van der Waals surface area contributed by atoms with Gasteiger partial charge < -0.3 is 11.1 Å². The highest BCUT2D eigenvalue weighted by Gasteiger charge is 2.21. The predicted molar refractivity (Wildman–Crippen MR) is 86.2 cm³/mol. The lowest BCUT2D eigenvalue weighted by Gasteiger charge is -2.28. The Morgan fingerprint density at radius 1 is 1.30 bits per heavy atom. The summed E-state index contributed by atoms with van der Waals surface area (Å²) < 4.78 is 0. The largest absolute Gasteiger partial charge is 0.368 e. The second-order valence-corrected chi connectivity index (χ2v) is 7.07. The number of thiophene rings is 1. The Hall–Kier alpha value is -1.36. The number of nitrogens with one attached hydrogen (secondary N) is 1. The van der Waals surface area contributed by atoms with Gasteiger partial charge in [0.1, 0.15) is 10.6 Å². The highest BCUT2D eigenvalue weighted by Crippen LogP contribution is 2.32. The van der Waals surface area contributed by atoms with Crippen LogP contribution in [0.4, 0.5) is 11.8 Å². The zero-order chi connectivity index (χ0) is 14.1. The summed E-state index contributed by atoms with van der Waals surface area (Å²) >= 11 is 1.67. The molecule has 1 atom stereocenters. The molecule has 0 spiro atoms. The number of aromatic nitrogens is 2. The maximum absolute atomic E-state index is 5.83. The molecule has 0 aliphatic heterocycles. The first kappa shape index (κ1) is 13.6. The van der Waals surface area contributed by atoms with Crippen molar-refractivity contribution in [3.8, 4) is 0 Å². The Balaban J connectivity index is 1.85. The number of nitrogens with zero attached hydrogens (tertiary/aromatic N) is 2. The number of anilines is 2. The van der Waals surface area contributed by atoms with Gasteiger partial charge in [0.2, 0.25) is 5.95 Å². The summed E-state index contributed by atoms with van der Waals surface area (Å²) in [6, 6.07) is 2.59. The summed E-state index contributed by atoms with van der Waals surface area (Å²) in [5.41, 5.74) is 5.83. The Morgan fingerprint density at radius 3 is 2.80 bits per heavy atom. The minimum absolute atomic E-state index is 0.359. The molecule has 0 radical (unpaired) electrons. The van der Waals surface area contributed by atoms with Crippen LogP contribution in [-0.2, 0) is 0 Å². The van der Waals surface area contributed by atoms with E-state index in [1.807, 2.05) is 0 Å². The predicted octanol–water partition coefficient (Wildman–Crippen LogP) is 3.96. The molecule has 1 aliphatic rings. The summed E-state index contributed by atoms with van der Waals surface area (Å²) in [5, 5.41) is 4.69. The average Bonchev–Trinajstić information content (AvgIpc) is 2.80. The molecule has 0 aromatic carbocycles. The molecule has 1 unspecified atom stereocenters. The molecule has 3 N–H and O–H groups in total. The van der Waals surface area contributed by atoms with Crippen LogP contribution < -0.4 is 11.1 Å². The number of hydrogen-bond acceptors (Lipinski definition) is 5. The third-order valence-electron chi connectivity index (χ3n) is 4.25. The highest BCUT2D eigenvalue weighted by atomic mass is 32.1. The van der Waals surface area contributed by atoms with Crippen molar-refractivity contribution in [3.05, 3.63) is 10.9 Å². The van der Waals surface area contributed by atoms with Crippen molar-refractivity contribution in [2.45, 2.75) is 52.0 Å². The summed E-state index contributed by atoms with van der Waals surface area (Å²) in [5.74, 6) is 2.00. The quantitative estimate of drug-likeness (QED) is 0.898. The number of fused-ring (bicyclic) bond motifs is 1. The standard InChI is InChI=1S/C15H22N4S/c1-9-8-12-13(18-15(16)19-14(12)20-9)17-10(2)11-6-4-3-5-7-11/h8,10-11H,3-7H2,1-2H3,(H3,16,17,18,19). The van der Waals surface area contributed by atoms with E-state index in [9.17, 15) is 0 Å². The lowest BCUT2D eigenvalue weighted by atomic mass is 9.84. The van der Waals surface area contributed by atoms with Crippen LogP contribution in [0.1, 0.15) is 43.9 Å². The highest BCUT2D eigenvalue weighted by molar-refractivity contribution is 7.18. The minimum Gasteiger partial charge on any atom is -0.368 e. The van der Waals surface area contributed by atoms with Crippen molar-refractivity contribution in [1.82, 2.24) is 9.97 Å². The molecule has 20 heavy (non-hydrogen) atoms. The van der Waals surface area contributed by atoms with Crippen LogP contribution in [0.25, 0.3) is 10.2 Å². The molecular formula is C15H22N4S. The fourth-order valence-corrected chi connectivity index (χ4v) is 4.02. The molecule has 5 heteroatoms. The first-order chi connectivity index (χ1) is 9.63. The van der Waals surface area contributed by atoms with Crippen molar-refractivity contribution in [2.75, 3.05) is 11.1 Å². The van der Waals surface area contributed by atoms with E-state index in [-0.39, 0.29) is 0 Å². The molecule has 2 heterocycles. The third-order valence-corrected chi connectivity index (χ3v) is 5.20. The maximum atomic E-state index is 5.83. The van der Waals surface area contributed by atoms with Crippen molar-refractivity contribution in [2.24, 2.45) is 5.92 Å². The van der Waals surface area contributed by atoms with E-state index in [1.165, 1.54) is 37.0 Å². The molecule has 0 saturated heterocycles. The van der Waals surface area contributed by atoms with E-state index in [2.05, 4.69) is 35.2 Å². The van der Waals surface area contributed by atoms with E-state index in [1.54, 1.807) is 11.3 Å². The number of nitrogen functional groups attached to an aromatic ring is 1. The number of hydrogen-bond donors (Lipinski definition) is 2. The lowest BCUT2D eigenvalue weighted by molar-refractivity contribution is 0.328. The summed E-state index contributed by atoms with van der Waals surface area (Å²) in [6.07, 6.45) is 6.74. The molecule has 0 bridgehead atoms. The van der Waals surface area contributed by atoms with Crippen LogP contribution in [0, 0.1) is 12.8 Å². The Labute approximate surface area is 123 Å². The first-order valence-corrected chi connectivity index (χ1v) is 8.25. The maximum Gasteiger partial charge on any atom is 0.223 e. The second kappa shape index (κ2) is 5.56. The Morgan fingerprint density at radius 2 is 2.05 bits per heavy atom. The number of nitrogens with two attached hydrogens (primary N) is 1. The van der Waals surface area contributed by atoms with Crippen LogP contribution in [0.2, 0.25) is 0 Å². The topological polar surface area (TPSA) is 63.8 Å². The number of aryl methyl sites for hydroxylation is 1.